The van der Waals surface area contributed by atoms with E-state index >= 15 is 0 Å². The number of hydrogen-bond donors (Lipinski definition) is 1. The minimum absolute atomic E-state index is 0.549. The Bertz CT molecular complexity index is 601. The third-order valence-electron chi connectivity index (χ3n) is 3.18. The van der Waals surface area contributed by atoms with Gasteiger partial charge in [0.15, 0.2) is 5.65 Å². The van der Waals surface area contributed by atoms with E-state index in [1.807, 2.05) is 20.9 Å². The van der Waals surface area contributed by atoms with Gasteiger partial charge in [-0.25, -0.2) is 4.98 Å². The molecule has 0 amide bonds. The maximum atomic E-state index is 11.1. The van der Waals surface area contributed by atoms with Gasteiger partial charge in [-0.15, -0.1) is 0 Å². The molecule has 2 aromatic rings. The van der Waals surface area contributed by atoms with Crippen LogP contribution in [0, 0.1) is 13.8 Å². The number of fused-ring (bicyclic) bond motifs is 1. The molecule has 2 rings (SSSR count). The van der Waals surface area contributed by atoms with Crippen molar-refractivity contribution in [1.29, 1.82) is 0 Å². The number of carbonyl (C=O) groups is 1. The van der Waals surface area contributed by atoms with Gasteiger partial charge in [0.2, 0.25) is 0 Å². The summed E-state index contributed by atoms with van der Waals surface area (Å²) in [6, 6.07) is 0. The van der Waals surface area contributed by atoms with Crippen LogP contribution >= 0.6 is 0 Å². The molecule has 0 aliphatic rings. The van der Waals surface area contributed by atoms with Gasteiger partial charge >= 0.3 is 5.97 Å². The minimum Gasteiger partial charge on any atom is -0.481 e. The van der Waals surface area contributed by atoms with Crippen LogP contribution in [0.3, 0.4) is 0 Å². The standard InChI is InChI=1S/C12H15N3O2/c1-6-9-5-13-15(4)11(9)14-8(3)10(6)7(2)12(16)17/h5,7H,1-4H3,(H,16,17). The summed E-state index contributed by atoms with van der Waals surface area (Å²) in [5.74, 6) is -1.38. The van der Waals surface area contributed by atoms with Crippen molar-refractivity contribution in [1.82, 2.24) is 14.8 Å². The highest BCUT2D eigenvalue weighted by Gasteiger charge is 2.21. The van der Waals surface area contributed by atoms with Gasteiger partial charge < -0.3 is 5.11 Å². The van der Waals surface area contributed by atoms with Crippen molar-refractivity contribution < 1.29 is 9.90 Å². The molecule has 0 fully saturated rings. The van der Waals surface area contributed by atoms with E-state index in [1.165, 1.54) is 0 Å². The van der Waals surface area contributed by atoms with Crippen LogP contribution < -0.4 is 0 Å². The molecular weight excluding hydrogens is 218 g/mol. The zero-order valence-electron chi connectivity index (χ0n) is 10.4. The lowest BCUT2D eigenvalue weighted by atomic mass is 9.94. The van der Waals surface area contributed by atoms with Crippen LogP contribution in [0.25, 0.3) is 11.0 Å². The highest BCUT2D eigenvalue weighted by atomic mass is 16.4. The van der Waals surface area contributed by atoms with Crippen LogP contribution in [0.1, 0.15) is 29.7 Å². The molecule has 1 unspecified atom stereocenters. The van der Waals surface area contributed by atoms with Gasteiger partial charge in [-0.05, 0) is 31.9 Å². The average Bonchev–Trinajstić information content (AvgIpc) is 2.60. The van der Waals surface area contributed by atoms with Crippen molar-refractivity contribution in [3.05, 3.63) is 23.0 Å². The number of aryl methyl sites for hydroxylation is 3. The first-order valence-corrected chi connectivity index (χ1v) is 5.45. The molecule has 0 saturated heterocycles. The predicted molar refractivity (Wildman–Crippen MR) is 64.0 cm³/mol. The van der Waals surface area contributed by atoms with E-state index in [0.717, 1.165) is 27.9 Å². The first kappa shape index (κ1) is 11.6. The molecule has 1 atom stereocenters. The summed E-state index contributed by atoms with van der Waals surface area (Å²) >= 11 is 0. The Morgan fingerprint density at radius 3 is 2.71 bits per heavy atom. The predicted octanol–water partition coefficient (Wildman–Crippen LogP) is 1.77. The van der Waals surface area contributed by atoms with Gasteiger partial charge in [0, 0.05) is 18.1 Å². The lowest BCUT2D eigenvalue weighted by Crippen LogP contribution is -2.12. The van der Waals surface area contributed by atoms with Gasteiger partial charge in [0.1, 0.15) is 0 Å². The number of hydrogen-bond acceptors (Lipinski definition) is 3. The molecule has 0 aromatic carbocycles. The van der Waals surface area contributed by atoms with E-state index in [-0.39, 0.29) is 0 Å². The zero-order valence-corrected chi connectivity index (χ0v) is 10.4. The van der Waals surface area contributed by atoms with E-state index in [4.69, 9.17) is 5.11 Å². The number of carboxylic acids is 1. The van der Waals surface area contributed by atoms with Gasteiger partial charge in [0.05, 0.1) is 12.1 Å². The summed E-state index contributed by atoms with van der Waals surface area (Å²) in [6.07, 6.45) is 1.73. The van der Waals surface area contributed by atoms with E-state index in [2.05, 4.69) is 10.1 Å². The molecule has 0 radical (unpaired) electrons. The van der Waals surface area contributed by atoms with Gasteiger partial charge in [-0.1, -0.05) is 0 Å². The van der Waals surface area contributed by atoms with Crippen molar-refractivity contribution in [3.8, 4) is 0 Å². The Hall–Kier alpha value is -1.91. The van der Waals surface area contributed by atoms with Crippen molar-refractivity contribution in [3.63, 3.8) is 0 Å². The van der Waals surface area contributed by atoms with Crippen LogP contribution in [0.15, 0.2) is 6.20 Å². The van der Waals surface area contributed by atoms with Gasteiger partial charge in [-0.2, -0.15) is 5.10 Å². The van der Waals surface area contributed by atoms with Crippen LogP contribution in [0.4, 0.5) is 0 Å². The smallest absolute Gasteiger partial charge is 0.310 e. The quantitative estimate of drug-likeness (QED) is 0.858. The summed E-state index contributed by atoms with van der Waals surface area (Å²) < 4.78 is 1.70. The number of rotatable bonds is 2. The van der Waals surface area contributed by atoms with E-state index in [9.17, 15) is 4.79 Å². The van der Waals surface area contributed by atoms with Crippen LogP contribution in [-0.2, 0) is 11.8 Å². The lowest BCUT2D eigenvalue weighted by molar-refractivity contribution is -0.138. The third kappa shape index (κ3) is 1.67. The maximum Gasteiger partial charge on any atom is 0.310 e. The van der Waals surface area contributed by atoms with Crippen molar-refractivity contribution in [2.75, 3.05) is 0 Å². The summed E-state index contributed by atoms with van der Waals surface area (Å²) in [7, 11) is 1.83. The second kappa shape index (κ2) is 3.84. The lowest BCUT2D eigenvalue weighted by Gasteiger charge is -2.14. The topological polar surface area (TPSA) is 68.0 Å². The Morgan fingerprint density at radius 1 is 1.47 bits per heavy atom. The fourth-order valence-electron chi connectivity index (χ4n) is 2.23. The molecule has 0 aliphatic heterocycles. The summed E-state index contributed by atoms with van der Waals surface area (Å²) in [5.41, 5.74) is 3.29. The SMILES string of the molecule is Cc1nc2c(cnn2C)c(C)c1C(C)C(=O)O. The van der Waals surface area contributed by atoms with Gasteiger partial charge in [0.25, 0.3) is 0 Å². The minimum atomic E-state index is -0.832. The molecule has 0 saturated carbocycles. The average molecular weight is 233 g/mol. The molecule has 90 valence electrons. The maximum absolute atomic E-state index is 11.1. The number of nitrogens with zero attached hydrogens (tertiary/aromatic N) is 3. The molecule has 5 nitrogen and oxygen atoms in total. The molecule has 2 aromatic heterocycles. The largest absolute Gasteiger partial charge is 0.481 e. The molecule has 2 heterocycles. The highest BCUT2D eigenvalue weighted by molar-refractivity contribution is 5.84. The number of aliphatic carboxylic acids is 1. The molecule has 17 heavy (non-hydrogen) atoms. The van der Waals surface area contributed by atoms with Gasteiger partial charge in [-0.3, -0.25) is 9.48 Å². The molecular formula is C12H15N3O2. The van der Waals surface area contributed by atoms with Crippen LogP contribution in [-0.4, -0.2) is 25.8 Å². The second-order valence-electron chi connectivity index (χ2n) is 4.30. The highest BCUT2D eigenvalue weighted by Crippen LogP contribution is 2.28. The first-order valence-electron chi connectivity index (χ1n) is 5.45. The summed E-state index contributed by atoms with van der Waals surface area (Å²) in [5, 5.41) is 14.2. The second-order valence-corrected chi connectivity index (χ2v) is 4.30. The molecule has 0 spiro atoms. The zero-order chi connectivity index (χ0) is 12.7. The molecule has 0 aliphatic carbocycles. The summed E-state index contributed by atoms with van der Waals surface area (Å²) in [4.78, 5) is 15.5. The van der Waals surface area contributed by atoms with Crippen molar-refractivity contribution in [2.45, 2.75) is 26.7 Å². The normalized spacial score (nSPS) is 12.9. The Balaban J connectivity index is 2.77. The molecule has 5 heteroatoms. The monoisotopic (exact) mass is 233 g/mol. The van der Waals surface area contributed by atoms with E-state index < -0.39 is 11.9 Å². The number of pyridine rings is 1. The first-order chi connectivity index (χ1) is 7.93. The third-order valence-corrected chi connectivity index (χ3v) is 3.18. The Kier molecular flexibility index (Phi) is 2.61. The van der Waals surface area contributed by atoms with E-state index in [1.54, 1.807) is 17.8 Å². The fraction of sp³-hybridized carbons (Fsp3) is 0.417. The van der Waals surface area contributed by atoms with E-state index in [0.29, 0.717) is 0 Å². The fourth-order valence-corrected chi connectivity index (χ4v) is 2.23. The van der Waals surface area contributed by atoms with Crippen LogP contribution in [0.5, 0.6) is 0 Å². The molecule has 1 N–H and O–H groups in total. The Morgan fingerprint density at radius 2 is 2.12 bits per heavy atom. The van der Waals surface area contributed by atoms with Crippen LogP contribution in [0.2, 0.25) is 0 Å². The number of aromatic nitrogens is 3. The Labute approximate surface area is 99.1 Å². The van der Waals surface area contributed by atoms with Crippen molar-refractivity contribution in [2.24, 2.45) is 7.05 Å². The number of carboxylic acid groups (broad SMARTS) is 1. The van der Waals surface area contributed by atoms with Crippen molar-refractivity contribution >= 4 is 17.0 Å². The summed E-state index contributed by atoms with van der Waals surface area (Å²) in [6.45, 7) is 5.45. The molecule has 0 bridgehead atoms.